The second-order valence-corrected chi connectivity index (χ2v) is 5.37. The fraction of sp³-hybridized carbons (Fsp3) is 0.222. The summed E-state index contributed by atoms with van der Waals surface area (Å²) in [5.41, 5.74) is 2.58. The molecule has 1 aromatic heterocycles. The molecule has 0 radical (unpaired) electrons. The Bertz CT molecular complexity index is 758. The van der Waals surface area contributed by atoms with E-state index in [1.807, 2.05) is 31.2 Å². The molecule has 2 aromatic rings. The molecule has 0 spiro atoms. The van der Waals surface area contributed by atoms with Crippen molar-refractivity contribution in [1.82, 2.24) is 10.3 Å². The van der Waals surface area contributed by atoms with Gasteiger partial charge in [0, 0.05) is 24.9 Å². The Morgan fingerprint density at radius 1 is 1.28 bits per heavy atom. The molecule has 0 saturated heterocycles. The average Bonchev–Trinajstić information content (AvgIpc) is 2.56. The van der Waals surface area contributed by atoms with Crippen LogP contribution in [0.2, 0.25) is 0 Å². The number of alkyl halides is 3. The van der Waals surface area contributed by atoms with Gasteiger partial charge in [0.25, 0.3) is 0 Å². The summed E-state index contributed by atoms with van der Waals surface area (Å²) in [4.78, 5) is 15.5. The quantitative estimate of drug-likeness (QED) is 0.809. The molecule has 0 aliphatic carbocycles. The van der Waals surface area contributed by atoms with Crippen LogP contribution in [0.15, 0.2) is 48.7 Å². The van der Waals surface area contributed by atoms with Crippen molar-refractivity contribution in [2.45, 2.75) is 19.6 Å². The summed E-state index contributed by atoms with van der Waals surface area (Å²) < 4.78 is 41.0. The Kier molecular flexibility index (Phi) is 6.16. The zero-order valence-electron chi connectivity index (χ0n) is 13.5. The minimum absolute atomic E-state index is 0.139. The minimum atomic E-state index is -4.42. The highest BCUT2D eigenvalue weighted by Crippen LogP contribution is 2.17. The number of nitrogens with one attached hydrogen (secondary N) is 1. The number of carbonyl (C=O) groups excluding carboxylic acids is 1. The smallest absolute Gasteiger partial charge is 0.422 e. The van der Waals surface area contributed by atoms with Crippen LogP contribution in [0.5, 0.6) is 5.88 Å². The predicted octanol–water partition coefficient (Wildman–Crippen LogP) is 3.66. The first-order valence-electron chi connectivity index (χ1n) is 7.49. The first-order valence-corrected chi connectivity index (χ1v) is 7.49. The normalized spacial score (nSPS) is 11.5. The Hall–Kier alpha value is -2.83. The predicted molar refractivity (Wildman–Crippen MR) is 87.8 cm³/mol. The second-order valence-electron chi connectivity index (χ2n) is 5.37. The number of hydrogen-bond donors (Lipinski definition) is 1. The Morgan fingerprint density at radius 3 is 2.80 bits per heavy atom. The zero-order valence-corrected chi connectivity index (χ0v) is 13.5. The van der Waals surface area contributed by atoms with Crippen LogP contribution < -0.4 is 10.1 Å². The number of hydrogen-bond acceptors (Lipinski definition) is 3. The molecule has 1 heterocycles. The summed E-state index contributed by atoms with van der Waals surface area (Å²) in [6, 6.07) is 10.6. The Labute approximate surface area is 143 Å². The zero-order chi connectivity index (χ0) is 18.3. The van der Waals surface area contributed by atoms with E-state index in [1.165, 1.54) is 18.3 Å². The van der Waals surface area contributed by atoms with E-state index in [9.17, 15) is 18.0 Å². The monoisotopic (exact) mass is 350 g/mol. The molecular formula is C18H17F3N2O2. The summed E-state index contributed by atoms with van der Waals surface area (Å²) in [6.45, 7) is 0.705. The summed E-state index contributed by atoms with van der Waals surface area (Å²) in [7, 11) is 0. The highest BCUT2D eigenvalue weighted by molar-refractivity contribution is 5.91. The molecule has 1 aromatic carbocycles. The van der Waals surface area contributed by atoms with Crippen molar-refractivity contribution in [3.8, 4) is 5.88 Å². The number of benzene rings is 1. The summed E-state index contributed by atoms with van der Waals surface area (Å²) >= 11 is 0. The van der Waals surface area contributed by atoms with Crippen LogP contribution in [0, 0.1) is 6.92 Å². The van der Waals surface area contributed by atoms with Crippen molar-refractivity contribution in [2.75, 3.05) is 6.61 Å². The lowest BCUT2D eigenvalue weighted by atomic mass is 10.1. The number of rotatable bonds is 6. The average molecular weight is 350 g/mol. The third kappa shape index (κ3) is 7.07. The van der Waals surface area contributed by atoms with Gasteiger partial charge in [0.15, 0.2) is 6.61 Å². The first-order chi connectivity index (χ1) is 11.8. The van der Waals surface area contributed by atoms with Crippen molar-refractivity contribution in [1.29, 1.82) is 0 Å². The van der Waals surface area contributed by atoms with Crippen molar-refractivity contribution < 1.29 is 22.7 Å². The molecule has 0 saturated carbocycles. The number of aryl methyl sites for hydroxylation is 1. The number of halogens is 3. The van der Waals surface area contributed by atoms with Crippen LogP contribution in [0.4, 0.5) is 13.2 Å². The molecule has 7 heteroatoms. The Balaban J connectivity index is 1.87. The second kappa shape index (κ2) is 8.32. The van der Waals surface area contributed by atoms with Gasteiger partial charge in [-0.2, -0.15) is 13.2 Å². The number of carbonyl (C=O) groups is 1. The first kappa shape index (κ1) is 18.5. The topological polar surface area (TPSA) is 51.2 Å². The molecule has 0 unspecified atom stereocenters. The fourth-order valence-corrected chi connectivity index (χ4v) is 1.99. The maximum Gasteiger partial charge on any atom is 0.422 e. The lowest BCUT2D eigenvalue weighted by Gasteiger charge is -2.09. The molecule has 0 aliphatic heterocycles. The van der Waals surface area contributed by atoms with Gasteiger partial charge in [-0.15, -0.1) is 0 Å². The molecule has 0 atom stereocenters. The van der Waals surface area contributed by atoms with Gasteiger partial charge in [0.2, 0.25) is 11.8 Å². The van der Waals surface area contributed by atoms with E-state index in [0.29, 0.717) is 5.56 Å². The summed E-state index contributed by atoms with van der Waals surface area (Å²) in [5.74, 6) is -0.449. The number of nitrogens with zero attached hydrogens (tertiary/aromatic N) is 1. The number of ether oxygens (including phenoxy) is 1. The number of amides is 1. The molecule has 0 bridgehead atoms. The van der Waals surface area contributed by atoms with Gasteiger partial charge in [0.05, 0.1) is 0 Å². The molecule has 132 valence electrons. The SMILES string of the molecule is Cc1cccc(/C=C/C(=O)NCc2ccnc(OCC(F)(F)F)c2)c1. The summed E-state index contributed by atoms with van der Waals surface area (Å²) in [6.07, 6.45) is -0.00789. The van der Waals surface area contributed by atoms with Gasteiger partial charge in [0.1, 0.15) is 0 Å². The Morgan fingerprint density at radius 2 is 2.08 bits per heavy atom. The van der Waals surface area contributed by atoms with Crippen molar-refractivity contribution in [3.05, 3.63) is 65.4 Å². The lowest BCUT2D eigenvalue weighted by molar-refractivity contribution is -0.154. The van der Waals surface area contributed by atoms with Gasteiger partial charge in [-0.05, 0) is 30.2 Å². The fourth-order valence-electron chi connectivity index (χ4n) is 1.99. The van der Waals surface area contributed by atoms with Crippen LogP contribution in [0.3, 0.4) is 0 Å². The largest absolute Gasteiger partial charge is 0.468 e. The van der Waals surface area contributed by atoms with Crippen molar-refractivity contribution in [2.24, 2.45) is 0 Å². The van der Waals surface area contributed by atoms with Crippen LogP contribution in [-0.2, 0) is 11.3 Å². The van der Waals surface area contributed by atoms with Crippen LogP contribution in [0.1, 0.15) is 16.7 Å². The third-order valence-electron chi connectivity index (χ3n) is 3.12. The standard InChI is InChI=1S/C18H17F3N2O2/c1-13-3-2-4-14(9-13)5-6-16(24)23-11-15-7-8-22-17(10-15)25-12-18(19,20)21/h2-10H,11-12H2,1H3,(H,23,24)/b6-5+. The third-order valence-corrected chi connectivity index (χ3v) is 3.12. The van der Waals surface area contributed by atoms with E-state index in [0.717, 1.165) is 11.1 Å². The highest BCUT2D eigenvalue weighted by Gasteiger charge is 2.28. The van der Waals surface area contributed by atoms with E-state index in [1.54, 1.807) is 12.1 Å². The number of pyridine rings is 1. The summed E-state index contributed by atoms with van der Waals surface area (Å²) in [5, 5.41) is 2.65. The van der Waals surface area contributed by atoms with E-state index in [2.05, 4.69) is 15.0 Å². The van der Waals surface area contributed by atoms with E-state index in [4.69, 9.17) is 0 Å². The van der Waals surface area contributed by atoms with Gasteiger partial charge >= 0.3 is 6.18 Å². The van der Waals surface area contributed by atoms with Crippen LogP contribution in [0.25, 0.3) is 6.08 Å². The number of aromatic nitrogens is 1. The highest BCUT2D eigenvalue weighted by atomic mass is 19.4. The van der Waals surface area contributed by atoms with Crippen LogP contribution in [-0.4, -0.2) is 23.7 Å². The molecule has 4 nitrogen and oxygen atoms in total. The molecule has 1 amide bonds. The maximum absolute atomic E-state index is 12.1. The van der Waals surface area contributed by atoms with Gasteiger partial charge in [-0.25, -0.2) is 4.98 Å². The van der Waals surface area contributed by atoms with Crippen molar-refractivity contribution in [3.63, 3.8) is 0 Å². The van der Waals surface area contributed by atoms with Crippen molar-refractivity contribution >= 4 is 12.0 Å². The minimum Gasteiger partial charge on any atom is -0.468 e. The van der Waals surface area contributed by atoms with Gasteiger partial charge in [-0.1, -0.05) is 29.8 Å². The van der Waals surface area contributed by atoms with E-state index in [-0.39, 0.29) is 18.3 Å². The molecule has 1 N–H and O–H groups in total. The van der Waals surface area contributed by atoms with Gasteiger partial charge in [-0.3, -0.25) is 4.79 Å². The molecular weight excluding hydrogens is 333 g/mol. The molecule has 0 aliphatic rings. The lowest BCUT2D eigenvalue weighted by Crippen LogP contribution is -2.21. The maximum atomic E-state index is 12.1. The molecule has 0 fully saturated rings. The van der Waals surface area contributed by atoms with Gasteiger partial charge < -0.3 is 10.1 Å². The molecule has 25 heavy (non-hydrogen) atoms. The van der Waals surface area contributed by atoms with E-state index >= 15 is 0 Å². The molecule has 2 rings (SSSR count). The van der Waals surface area contributed by atoms with Crippen LogP contribution >= 0.6 is 0 Å². The van der Waals surface area contributed by atoms with E-state index < -0.39 is 12.8 Å².